The summed E-state index contributed by atoms with van der Waals surface area (Å²) in [5, 5.41) is 8.58. The molecule has 2 rings (SSSR count). The first-order valence-corrected chi connectivity index (χ1v) is 7.16. The van der Waals surface area contributed by atoms with Crippen molar-refractivity contribution in [2.75, 3.05) is 20.1 Å². The van der Waals surface area contributed by atoms with E-state index in [0.29, 0.717) is 13.1 Å². The largest absolute Gasteiger partial charge is 0.481 e. The Hall–Kier alpha value is -1.06. The number of benzene rings is 1. The lowest BCUT2D eigenvalue weighted by Gasteiger charge is -2.20. The molecular weight excluding hydrogens is 262 g/mol. The number of likely N-dealkylation sites (N-methyl/N-ethyl adjacent to an activating group) is 1. The minimum atomic E-state index is -0.768. The third-order valence-corrected chi connectivity index (χ3v) is 4.05. The number of halogens is 1. The number of aryl methyl sites for hydroxylation is 2. The third kappa shape index (κ3) is 3.95. The topological polar surface area (TPSA) is 40.5 Å². The van der Waals surface area contributed by atoms with Gasteiger partial charge in [-0.3, -0.25) is 4.79 Å². The number of nitrogens with zero attached hydrogens (tertiary/aromatic N) is 1. The Morgan fingerprint density at radius 1 is 1.42 bits per heavy atom. The van der Waals surface area contributed by atoms with Crippen LogP contribution >= 0.6 is 11.6 Å². The van der Waals surface area contributed by atoms with Gasteiger partial charge in [-0.05, 0) is 43.0 Å². The molecule has 0 fully saturated rings. The summed E-state index contributed by atoms with van der Waals surface area (Å²) in [5.41, 5.74) is 4.02. The van der Waals surface area contributed by atoms with Crippen molar-refractivity contribution in [3.63, 3.8) is 0 Å². The summed E-state index contributed by atoms with van der Waals surface area (Å²) in [6.07, 6.45) is 3.73. The van der Waals surface area contributed by atoms with E-state index >= 15 is 0 Å². The Morgan fingerprint density at radius 2 is 2.16 bits per heavy atom. The summed E-state index contributed by atoms with van der Waals surface area (Å²) < 4.78 is 0. The molecule has 1 aliphatic carbocycles. The van der Waals surface area contributed by atoms with Gasteiger partial charge in [0.05, 0.1) is 11.8 Å². The Balaban J connectivity index is 1.92. The van der Waals surface area contributed by atoms with Crippen LogP contribution in [0.25, 0.3) is 0 Å². The van der Waals surface area contributed by atoms with E-state index < -0.39 is 5.97 Å². The van der Waals surface area contributed by atoms with Gasteiger partial charge in [-0.25, -0.2) is 0 Å². The number of aliphatic carboxylic acids is 1. The summed E-state index contributed by atoms with van der Waals surface area (Å²) >= 11 is 6.43. The lowest BCUT2D eigenvalue weighted by molar-refractivity contribution is -0.137. The molecule has 104 valence electrons. The zero-order chi connectivity index (χ0) is 13.8. The average Bonchev–Trinajstić information content (AvgIpc) is 2.83. The SMILES string of the molecule is CN(CCC(=O)O)CC(Cl)c1ccc2c(c1)CCC2. The van der Waals surface area contributed by atoms with E-state index in [4.69, 9.17) is 16.7 Å². The third-order valence-electron chi connectivity index (χ3n) is 3.66. The highest BCUT2D eigenvalue weighted by atomic mass is 35.5. The Morgan fingerprint density at radius 3 is 2.89 bits per heavy atom. The van der Waals surface area contributed by atoms with E-state index in [-0.39, 0.29) is 11.8 Å². The molecule has 0 saturated carbocycles. The van der Waals surface area contributed by atoms with E-state index in [1.807, 2.05) is 11.9 Å². The predicted molar refractivity (Wildman–Crippen MR) is 76.8 cm³/mol. The van der Waals surface area contributed by atoms with Gasteiger partial charge in [0, 0.05) is 13.1 Å². The molecule has 1 N–H and O–H groups in total. The van der Waals surface area contributed by atoms with E-state index in [0.717, 1.165) is 12.0 Å². The van der Waals surface area contributed by atoms with Crippen LogP contribution in [0.3, 0.4) is 0 Å². The number of carboxylic acids is 1. The molecule has 0 aromatic heterocycles. The molecule has 0 bridgehead atoms. The van der Waals surface area contributed by atoms with Crippen LogP contribution in [-0.2, 0) is 17.6 Å². The van der Waals surface area contributed by atoms with Crippen LogP contribution in [-0.4, -0.2) is 36.1 Å². The summed E-state index contributed by atoms with van der Waals surface area (Å²) in [7, 11) is 1.91. The summed E-state index contributed by atoms with van der Waals surface area (Å²) in [4.78, 5) is 12.5. The minimum absolute atomic E-state index is 0.0790. The van der Waals surface area contributed by atoms with Crippen LogP contribution < -0.4 is 0 Å². The minimum Gasteiger partial charge on any atom is -0.481 e. The number of carbonyl (C=O) groups is 1. The summed E-state index contributed by atoms with van der Waals surface area (Å²) in [5.74, 6) is -0.768. The second-order valence-electron chi connectivity index (χ2n) is 5.26. The fourth-order valence-corrected chi connectivity index (χ4v) is 2.91. The fraction of sp³-hybridized carbons (Fsp3) is 0.533. The number of alkyl halides is 1. The Bertz CT molecular complexity index is 461. The maximum atomic E-state index is 10.5. The first-order chi connectivity index (χ1) is 9.06. The van der Waals surface area contributed by atoms with Crippen LogP contribution in [0.5, 0.6) is 0 Å². The quantitative estimate of drug-likeness (QED) is 0.815. The number of hydrogen-bond donors (Lipinski definition) is 1. The molecule has 19 heavy (non-hydrogen) atoms. The van der Waals surface area contributed by atoms with E-state index in [1.54, 1.807) is 0 Å². The van der Waals surface area contributed by atoms with Crippen molar-refractivity contribution < 1.29 is 9.90 Å². The highest BCUT2D eigenvalue weighted by Crippen LogP contribution is 2.28. The number of carboxylic acid groups (broad SMARTS) is 1. The van der Waals surface area contributed by atoms with Crippen molar-refractivity contribution in [3.8, 4) is 0 Å². The number of rotatable bonds is 6. The van der Waals surface area contributed by atoms with Crippen molar-refractivity contribution in [3.05, 3.63) is 34.9 Å². The lowest BCUT2D eigenvalue weighted by Crippen LogP contribution is -2.25. The highest BCUT2D eigenvalue weighted by Gasteiger charge is 2.16. The fourth-order valence-electron chi connectivity index (χ4n) is 2.54. The summed E-state index contributed by atoms with van der Waals surface area (Å²) in [6, 6.07) is 6.50. The van der Waals surface area contributed by atoms with Crippen LogP contribution in [0, 0.1) is 0 Å². The van der Waals surface area contributed by atoms with Gasteiger partial charge < -0.3 is 10.0 Å². The monoisotopic (exact) mass is 281 g/mol. The molecule has 1 aromatic rings. The highest BCUT2D eigenvalue weighted by molar-refractivity contribution is 6.21. The zero-order valence-corrected chi connectivity index (χ0v) is 12.0. The molecule has 0 spiro atoms. The zero-order valence-electron chi connectivity index (χ0n) is 11.2. The number of fused-ring (bicyclic) bond motifs is 1. The van der Waals surface area contributed by atoms with Gasteiger partial charge in [0.15, 0.2) is 0 Å². The van der Waals surface area contributed by atoms with Crippen LogP contribution in [0.1, 0.15) is 34.9 Å². The average molecular weight is 282 g/mol. The molecule has 3 nitrogen and oxygen atoms in total. The molecule has 1 atom stereocenters. The van der Waals surface area contributed by atoms with E-state index in [1.165, 1.54) is 24.0 Å². The normalized spacial score (nSPS) is 15.5. The van der Waals surface area contributed by atoms with E-state index in [9.17, 15) is 4.79 Å². The molecule has 4 heteroatoms. The van der Waals surface area contributed by atoms with Gasteiger partial charge >= 0.3 is 5.97 Å². The van der Waals surface area contributed by atoms with Crippen molar-refractivity contribution in [2.45, 2.75) is 31.1 Å². The van der Waals surface area contributed by atoms with Crippen LogP contribution in [0.2, 0.25) is 0 Å². The van der Waals surface area contributed by atoms with Gasteiger partial charge in [0.1, 0.15) is 0 Å². The molecular formula is C15H20ClNO2. The van der Waals surface area contributed by atoms with Gasteiger partial charge in [0.25, 0.3) is 0 Å². The maximum Gasteiger partial charge on any atom is 0.304 e. The van der Waals surface area contributed by atoms with Crippen molar-refractivity contribution in [1.29, 1.82) is 0 Å². The second kappa shape index (κ2) is 6.40. The van der Waals surface area contributed by atoms with Gasteiger partial charge in [-0.1, -0.05) is 18.2 Å². The van der Waals surface area contributed by atoms with Crippen molar-refractivity contribution in [2.24, 2.45) is 0 Å². The molecule has 1 aromatic carbocycles. The molecule has 0 aliphatic heterocycles. The van der Waals surface area contributed by atoms with Crippen LogP contribution in [0.15, 0.2) is 18.2 Å². The standard InChI is InChI=1S/C15H20ClNO2/c1-17(8-7-15(18)19)10-14(16)13-6-5-11-3-2-4-12(11)9-13/h5-6,9,14H,2-4,7-8,10H2,1H3,(H,18,19). The Kier molecular flexibility index (Phi) is 4.83. The smallest absolute Gasteiger partial charge is 0.304 e. The van der Waals surface area contributed by atoms with Gasteiger partial charge in [-0.15, -0.1) is 11.6 Å². The first-order valence-electron chi connectivity index (χ1n) is 6.72. The van der Waals surface area contributed by atoms with Crippen molar-refractivity contribution >= 4 is 17.6 Å². The molecule has 0 saturated heterocycles. The molecule has 1 aliphatic rings. The summed E-state index contributed by atoms with van der Waals surface area (Å²) in [6.45, 7) is 1.21. The predicted octanol–water partition coefficient (Wildman–Crippen LogP) is 2.86. The molecule has 0 heterocycles. The number of hydrogen-bond acceptors (Lipinski definition) is 2. The van der Waals surface area contributed by atoms with Crippen LogP contribution in [0.4, 0.5) is 0 Å². The van der Waals surface area contributed by atoms with Crippen molar-refractivity contribution in [1.82, 2.24) is 4.90 Å². The lowest BCUT2D eigenvalue weighted by atomic mass is 10.0. The van der Waals surface area contributed by atoms with Gasteiger partial charge in [-0.2, -0.15) is 0 Å². The Labute approximate surface area is 119 Å². The second-order valence-corrected chi connectivity index (χ2v) is 5.78. The first kappa shape index (κ1) is 14.4. The van der Waals surface area contributed by atoms with Gasteiger partial charge in [0.2, 0.25) is 0 Å². The molecule has 1 unspecified atom stereocenters. The maximum absolute atomic E-state index is 10.5. The molecule has 0 radical (unpaired) electrons. The van der Waals surface area contributed by atoms with E-state index in [2.05, 4.69) is 18.2 Å². The molecule has 0 amide bonds.